The van der Waals surface area contributed by atoms with Crippen LogP contribution in [0.15, 0.2) is 140 Å². The van der Waals surface area contributed by atoms with E-state index < -0.39 is 7.14 Å². The number of fused-ring (bicyclic) bond motifs is 6. The molecule has 0 saturated carbocycles. The first-order chi connectivity index (χ1) is 19.7. The van der Waals surface area contributed by atoms with Crippen molar-refractivity contribution in [3.63, 3.8) is 0 Å². The maximum atomic E-state index is 14.8. The van der Waals surface area contributed by atoms with Gasteiger partial charge in [-0.15, -0.1) is 0 Å². The van der Waals surface area contributed by atoms with E-state index in [-0.39, 0.29) is 0 Å². The van der Waals surface area contributed by atoms with Gasteiger partial charge in [-0.25, -0.2) is 0 Å². The van der Waals surface area contributed by atoms with Crippen LogP contribution in [0.2, 0.25) is 0 Å². The SMILES string of the molecule is O=P1(c2cccc(Oc3cccc(-n4c5ccccc5c5ccccc54)c3)c2)c2ccccc2-c2cccnc21. The van der Waals surface area contributed by atoms with Crippen molar-refractivity contribution in [2.45, 2.75) is 0 Å². The molecular formula is C35H23N2O2P. The Bertz CT molecular complexity index is 2040. The second kappa shape index (κ2) is 8.81. The van der Waals surface area contributed by atoms with Crippen LogP contribution in [0.1, 0.15) is 0 Å². The molecule has 8 rings (SSSR count). The molecule has 3 heterocycles. The van der Waals surface area contributed by atoms with E-state index in [0.717, 1.165) is 33.2 Å². The lowest BCUT2D eigenvalue weighted by Gasteiger charge is -2.16. The van der Waals surface area contributed by atoms with Crippen LogP contribution in [-0.4, -0.2) is 9.55 Å². The standard InChI is InChI=1S/C35H23N2O2P/c38-40(34-20-6-3-16-30(34)31-17-9-21-36-35(31)40)27-13-8-12-26(23-27)39-25-11-7-10-24(22-25)37-32-18-4-1-14-28(32)29-15-2-5-19-33(29)37/h1-23H. The summed E-state index contributed by atoms with van der Waals surface area (Å²) in [5, 5.41) is 3.97. The third-order valence-corrected chi connectivity index (χ3v) is 10.7. The Morgan fingerprint density at radius 2 is 1.25 bits per heavy atom. The zero-order chi connectivity index (χ0) is 26.7. The molecule has 1 unspecified atom stereocenters. The van der Waals surface area contributed by atoms with Crippen molar-refractivity contribution in [1.82, 2.24) is 9.55 Å². The molecule has 0 N–H and O–H groups in total. The van der Waals surface area contributed by atoms with Crippen LogP contribution in [0.25, 0.3) is 38.6 Å². The number of benzene rings is 5. The summed E-state index contributed by atoms with van der Waals surface area (Å²) in [4.78, 5) is 4.60. The highest BCUT2D eigenvalue weighted by molar-refractivity contribution is 7.86. The fourth-order valence-electron chi connectivity index (χ4n) is 5.98. The third kappa shape index (κ3) is 3.33. The van der Waals surface area contributed by atoms with Crippen LogP contribution in [0.5, 0.6) is 11.5 Å². The number of aromatic nitrogens is 2. The molecule has 0 amide bonds. The monoisotopic (exact) mass is 534 g/mol. The lowest BCUT2D eigenvalue weighted by atomic mass is 10.1. The van der Waals surface area contributed by atoms with Crippen LogP contribution in [0.3, 0.4) is 0 Å². The molecule has 0 fully saturated rings. The lowest BCUT2D eigenvalue weighted by molar-refractivity contribution is 0.483. The van der Waals surface area contributed by atoms with Gasteiger partial charge in [0.1, 0.15) is 16.9 Å². The molecule has 0 aliphatic carbocycles. The van der Waals surface area contributed by atoms with Gasteiger partial charge in [-0.05, 0) is 48.0 Å². The first-order valence-electron chi connectivity index (χ1n) is 13.2. The predicted octanol–water partition coefficient (Wildman–Crippen LogP) is 7.59. The molecule has 1 atom stereocenters. The summed E-state index contributed by atoms with van der Waals surface area (Å²) in [6, 6.07) is 44.5. The molecule has 1 aliphatic heterocycles. The largest absolute Gasteiger partial charge is 0.457 e. The topological polar surface area (TPSA) is 44.1 Å². The van der Waals surface area contributed by atoms with Crippen LogP contribution < -0.4 is 20.8 Å². The smallest absolute Gasteiger partial charge is 0.189 e. The van der Waals surface area contributed by atoms with E-state index >= 15 is 0 Å². The Hall–Kier alpha value is -4.92. The Morgan fingerprint density at radius 3 is 2.05 bits per heavy atom. The number of ether oxygens (including phenoxy) is 1. The molecule has 7 aromatic rings. The fraction of sp³-hybridized carbons (Fsp3) is 0. The van der Waals surface area contributed by atoms with E-state index in [1.807, 2.05) is 72.8 Å². The predicted molar refractivity (Wildman–Crippen MR) is 163 cm³/mol. The number of pyridine rings is 1. The van der Waals surface area contributed by atoms with Crippen molar-refractivity contribution in [1.29, 1.82) is 0 Å². The summed E-state index contributed by atoms with van der Waals surface area (Å²) in [5.41, 5.74) is 5.87. The van der Waals surface area contributed by atoms with Crippen molar-refractivity contribution in [3.05, 3.63) is 140 Å². The van der Waals surface area contributed by atoms with Crippen LogP contribution in [-0.2, 0) is 4.57 Å². The van der Waals surface area contributed by atoms with Gasteiger partial charge in [-0.2, -0.15) is 0 Å². The van der Waals surface area contributed by atoms with E-state index in [9.17, 15) is 4.57 Å². The van der Waals surface area contributed by atoms with Crippen LogP contribution >= 0.6 is 7.14 Å². The van der Waals surface area contributed by atoms with Crippen LogP contribution in [0, 0.1) is 0 Å². The van der Waals surface area contributed by atoms with Gasteiger partial charge >= 0.3 is 0 Å². The van der Waals surface area contributed by atoms with Gasteiger partial charge in [0.15, 0.2) is 7.14 Å². The summed E-state index contributed by atoms with van der Waals surface area (Å²) in [6.45, 7) is 0. The third-order valence-electron chi connectivity index (χ3n) is 7.69. The normalized spacial score (nSPS) is 15.7. The van der Waals surface area contributed by atoms with Crippen molar-refractivity contribution >= 4 is 45.0 Å². The fourth-order valence-corrected chi connectivity index (χ4v) is 8.93. The van der Waals surface area contributed by atoms with Crippen molar-refractivity contribution in [2.75, 3.05) is 0 Å². The average Bonchev–Trinajstić information content (AvgIpc) is 3.49. The molecule has 5 aromatic carbocycles. The van der Waals surface area contributed by atoms with Crippen molar-refractivity contribution < 1.29 is 9.30 Å². The summed E-state index contributed by atoms with van der Waals surface area (Å²) in [5.74, 6) is 1.34. The van der Waals surface area contributed by atoms with E-state index in [2.05, 4.69) is 70.2 Å². The maximum absolute atomic E-state index is 14.8. The minimum atomic E-state index is -3.13. The minimum Gasteiger partial charge on any atom is -0.457 e. The number of nitrogens with zero attached hydrogens (tertiary/aromatic N) is 2. The summed E-state index contributed by atoms with van der Waals surface area (Å²) >= 11 is 0. The first kappa shape index (κ1) is 23.0. The summed E-state index contributed by atoms with van der Waals surface area (Å²) < 4.78 is 23.5. The molecule has 0 bridgehead atoms. The molecule has 40 heavy (non-hydrogen) atoms. The van der Waals surface area contributed by atoms with E-state index in [1.165, 1.54) is 10.8 Å². The Morgan fingerprint density at radius 1 is 0.600 bits per heavy atom. The molecule has 0 spiro atoms. The van der Waals surface area contributed by atoms with Crippen molar-refractivity contribution in [3.8, 4) is 28.3 Å². The zero-order valence-electron chi connectivity index (χ0n) is 21.4. The number of hydrogen-bond donors (Lipinski definition) is 0. The molecule has 0 radical (unpaired) electrons. The molecule has 5 heteroatoms. The Balaban J connectivity index is 1.21. The number of para-hydroxylation sites is 2. The second-order valence-corrected chi connectivity index (χ2v) is 12.6. The first-order valence-corrected chi connectivity index (χ1v) is 15.0. The molecule has 0 saturated heterocycles. The molecule has 1 aliphatic rings. The zero-order valence-corrected chi connectivity index (χ0v) is 22.3. The van der Waals surface area contributed by atoms with Crippen LogP contribution in [0.4, 0.5) is 0 Å². The minimum absolute atomic E-state index is 0.633. The second-order valence-electron chi connectivity index (χ2n) is 9.97. The summed E-state index contributed by atoms with van der Waals surface area (Å²) in [7, 11) is -3.13. The molecule has 190 valence electrons. The van der Waals surface area contributed by atoms with Gasteiger partial charge in [0, 0.05) is 44.9 Å². The number of rotatable bonds is 4. The highest BCUT2D eigenvalue weighted by atomic mass is 31.2. The molecule has 2 aromatic heterocycles. The highest BCUT2D eigenvalue weighted by Crippen LogP contribution is 2.51. The lowest BCUT2D eigenvalue weighted by Crippen LogP contribution is -2.22. The summed E-state index contributed by atoms with van der Waals surface area (Å²) in [6.07, 6.45) is 1.72. The maximum Gasteiger partial charge on any atom is 0.189 e. The van der Waals surface area contributed by atoms with E-state index in [4.69, 9.17) is 4.74 Å². The quantitative estimate of drug-likeness (QED) is 0.219. The highest BCUT2D eigenvalue weighted by Gasteiger charge is 2.41. The average molecular weight is 535 g/mol. The van der Waals surface area contributed by atoms with E-state index in [0.29, 0.717) is 22.2 Å². The van der Waals surface area contributed by atoms with E-state index in [1.54, 1.807) is 6.20 Å². The van der Waals surface area contributed by atoms with Gasteiger partial charge in [-0.1, -0.05) is 84.9 Å². The Kier molecular flexibility index (Phi) is 5.07. The Labute approximate surface area is 231 Å². The van der Waals surface area contributed by atoms with Gasteiger partial charge in [0.25, 0.3) is 0 Å². The van der Waals surface area contributed by atoms with Gasteiger partial charge in [-0.3, -0.25) is 4.98 Å². The van der Waals surface area contributed by atoms with Crippen molar-refractivity contribution in [2.24, 2.45) is 0 Å². The van der Waals surface area contributed by atoms with Gasteiger partial charge < -0.3 is 13.9 Å². The van der Waals surface area contributed by atoms with Gasteiger partial charge in [0.2, 0.25) is 0 Å². The molecule has 4 nitrogen and oxygen atoms in total. The van der Waals surface area contributed by atoms with Gasteiger partial charge in [0.05, 0.1) is 11.0 Å². The number of hydrogen-bond acceptors (Lipinski definition) is 3. The molecular weight excluding hydrogens is 511 g/mol.